The molecule has 1 heterocycles. The van der Waals surface area contributed by atoms with Gasteiger partial charge in [-0.15, -0.1) is 0 Å². The van der Waals surface area contributed by atoms with Gasteiger partial charge in [-0.3, -0.25) is 0 Å². The van der Waals surface area contributed by atoms with E-state index in [0.29, 0.717) is 17.9 Å². The van der Waals surface area contributed by atoms with Crippen LogP contribution in [0, 0.1) is 0 Å². The Morgan fingerprint density at radius 2 is 2.37 bits per heavy atom. The highest BCUT2D eigenvalue weighted by Crippen LogP contribution is 2.34. The fraction of sp³-hybridized carbons (Fsp3) is 0.500. The molecule has 2 aromatic rings. The number of aromatic nitrogens is 2. The van der Waals surface area contributed by atoms with Crippen molar-refractivity contribution in [1.82, 2.24) is 9.97 Å². The zero-order valence-electron chi connectivity index (χ0n) is 11.1. The van der Waals surface area contributed by atoms with Gasteiger partial charge in [-0.1, -0.05) is 11.8 Å². The Balaban J connectivity index is 1.77. The molecule has 1 aliphatic carbocycles. The largest absolute Gasteiger partial charge is 0.494 e. The van der Waals surface area contributed by atoms with Crippen LogP contribution in [0.4, 0.5) is 0 Å². The minimum absolute atomic E-state index is 0.367. The number of nitrogens with one attached hydrogen (secondary N) is 1. The standard InChI is InChI=1S/C14H19N3OS/c1-2-18-10-4-6-12-13(8-10)17-14(16-12)19-11-5-3-9(15)7-11/h4,6,8-9,11H,2-3,5,7,15H2,1H3,(H,16,17). The average molecular weight is 277 g/mol. The fourth-order valence-corrected chi connectivity index (χ4v) is 3.75. The molecule has 1 aliphatic rings. The van der Waals surface area contributed by atoms with E-state index in [-0.39, 0.29) is 0 Å². The van der Waals surface area contributed by atoms with E-state index in [1.165, 1.54) is 6.42 Å². The first kappa shape index (κ1) is 12.8. The minimum Gasteiger partial charge on any atom is -0.494 e. The third kappa shape index (κ3) is 2.87. The van der Waals surface area contributed by atoms with Crippen LogP contribution in [-0.4, -0.2) is 27.9 Å². The van der Waals surface area contributed by atoms with Crippen LogP contribution in [0.1, 0.15) is 26.2 Å². The summed E-state index contributed by atoms with van der Waals surface area (Å²) in [4.78, 5) is 7.98. The van der Waals surface area contributed by atoms with E-state index in [1.807, 2.05) is 36.9 Å². The Bertz CT molecular complexity index is 569. The Labute approximate surface area is 117 Å². The van der Waals surface area contributed by atoms with Crippen molar-refractivity contribution in [3.8, 4) is 5.75 Å². The van der Waals surface area contributed by atoms with Crippen LogP contribution in [-0.2, 0) is 0 Å². The van der Waals surface area contributed by atoms with Gasteiger partial charge in [-0.25, -0.2) is 4.98 Å². The number of nitrogens with zero attached hydrogens (tertiary/aromatic N) is 1. The lowest BCUT2D eigenvalue weighted by molar-refractivity contribution is 0.340. The normalized spacial score (nSPS) is 23.1. The maximum Gasteiger partial charge on any atom is 0.166 e. The highest BCUT2D eigenvalue weighted by Gasteiger charge is 2.23. The first-order chi connectivity index (χ1) is 9.24. The monoisotopic (exact) mass is 277 g/mol. The van der Waals surface area contributed by atoms with E-state index in [2.05, 4.69) is 9.97 Å². The maximum absolute atomic E-state index is 5.95. The van der Waals surface area contributed by atoms with E-state index >= 15 is 0 Å². The summed E-state index contributed by atoms with van der Waals surface area (Å²) >= 11 is 1.81. The highest BCUT2D eigenvalue weighted by atomic mass is 32.2. The van der Waals surface area contributed by atoms with Crippen molar-refractivity contribution in [2.75, 3.05) is 6.61 Å². The molecule has 0 radical (unpaired) electrons. The van der Waals surface area contributed by atoms with E-state index in [1.54, 1.807) is 0 Å². The summed E-state index contributed by atoms with van der Waals surface area (Å²) in [7, 11) is 0. The molecule has 102 valence electrons. The van der Waals surface area contributed by atoms with Gasteiger partial charge >= 0.3 is 0 Å². The Kier molecular flexibility index (Phi) is 3.66. The lowest BCUT2D eigenvalue weighted by Gasteiger charge is -2.05. The van der Waals surface area contributed by atoms with Gasteiger partial charge in [-0.05, 0) is 38.3 Å². The minimum atomic E-state index is 0.367. The zero-order valence-corrected chi connectivity index (χ0v) is 11.9. The average Bonchev–Trinajstić information content (AvgIpc) is 2.95. The van der Waals surface area contributed by atoms with Crippen molar-refractivity contribution in [1.29, 1.82) is 0 Å². The first-order valence-electron chi connectivity index (χ1n) is 6.79. The molecule has 3 N–H and O–H groups in total. The molecule has 0 aliphatic heterocycles. The van der Waals surface area contributed by atoms with Gasteiger partial charge in [-0.2, -0.15) is 0 Å². The Hall–Kier alpha value is -1.20. The SMILES string of the molecule is CCOc1ccc2nc(SC3CCC(N)C3)[nH]c2c1. The molecule has 3 rings (SSSR count). The van der Waals surface area contributed by atoms with Gasteiger partial charge in [0.05, 0.1) is 17.6 Å². The van der Waals surface area contributed by atoms with E-state index < -0.39 is 0 Å². The van der Waals surface area contributed by atoms with Crippen LogP contribution in [0.2, 0.25) is 0 Å². The molecule has 2 atom stereocenters. The quantitative estimate of drug-likeness (QED) is 0.902. The van der Waals surface area contributed by atoms with Gasteiger partial charge in [0, 0.05) is 17.4 Å². The molecule has 1 aromatic heterocycles. The zero-order chi connectivity index (χ0) is 13.2. The second kappa shape index (κ2) is 5.43. The third-order valence-electron chi connectivity index (χ3n) is 3.45. The summed E-state index contributed by atoms with van der Waals surface area (Å²) in [5, 5.41) is 1.59. The molecule has 0 saturated heterocycles. The smallest absolute Gasteiger partial charge is 0.166 e. The second-order valence-corrected chi connectivity index (χ2v) is 6.26. The highest BCUT2D eigenvalue weighted by molar-refractivity contribution is 7.99. The summed E-state index contributed by atoms with van der Waals surface area (Å²) in [5.41, 5.74) is 7.98. The van der Waals surface area contributed by atoms with Crippen molar-refractivity contribution in [3.05, 3.63) is 18.2 Å². The number of ether oxygens (including phenoxy) is 1. The molecule has 19 heavy (non-hydrogen) atoms. The molecule has 1 aromatic carbocycles. The van der Waals surface area contributed by atoms with Crippen molar-refractivity contribution >= 4 is 22.8 Å². The van der Waals surface area contributed by atoms with Crippen LogP contribution in [0.15, 0.2) is 23.4 Å². The number of rotatable bonds is 4. The summed E-state index contributed by atoms with van der Waals surface area (Å²) in [6.45, 7) is 2.67. The van der Waals surface area contributed by atoms with Crippen LogP contribution < -0.4 is 10.5 Å². The Morgan fingerprint density at radius 3 is 3.11 bits per heavy atom. The van der Waals surface area contributed by atoms with Crippen molar-refractivity contribution in [3.63, 3.8) is 0 Å². The summed E-state index contributed by atoms with van der Waals surface area (Å²) in [5.74, 6) is 0.887. The van der Waals surface area contributed by atoms with Crippen molar-refractivity contribution in [2.45, 2.75) is 42.6 Å². The van der Waals surface area contributed by atoms with E-state index in [4.69, 9.17) is 10.5 Å². The molecule has 0 bridgehead atoms. The fourth-order valence-electron chi connectivity index (χ4n) is 2.52. The van der Waals surface area contributed by atoms with Crippen molar-refractivity contribution in [2.24, 2.45) is 5.73 Å². The van der Waals surface area contributed by atoms with Gasteiger partial charge < -0.3 is 15.5 Å². The van der Waals surface area contributed by atoms with Gasteiger partial charge in [0.1, 0.15) is 5.75 Å². The molecular weight excluding hydrogens is 258 g/mol. The maximum atomic E-state index is 5.95. The van der Waals surface area contributed by atoms with Crippen LogP contribution in [0.25, 0.3) is 11.0 Å². The van der Waals surface area contributed by atoms with Crippen LogP contribution in [0.5, 0.6) is 5.75 Å². The number of imidazole rings is 1. The molecule has 2 unspecified atom stereocenters. The molecule has 0 amide bonds. The summed E-state index contributed by atoms with van der Waals surface area (Å²) in [6.07, 6.45) is 3.41. The number of H-pyrrole nitrogens is 1. The van der Waals surface area contributed by atoms with E-state index in [0.717, 1.165) is 34.8 Å². The predicted octanol–water partition coefficient (Wildman–Crippen LogP) is 2.93. The first-order valence-corrected chi connectivity index (χ1v) is 7.67. The molecule has 4 nitrogen and oxygen atoms in total. The lowest BCUT2D eigenvalue weighted by atomic mass is 10.3. The lowest BCUT2D eigenvalue weighted by Crippen LogP contribution is -2.15. The number of benzene rings is 1. The number of thioether (sulfide) groups is 1. The number of hydrogen-bond donors (Lipinski definition) is 2. The van der Waals surface area contributed by atoms with Crippen molar-refractivity contribution < 1.29 is 4.74 Å². The number of nitrogens with two attached hydrogens (primary N) is 1. The summed E-state index contributed by atoms with van der Waals surface area (Å²) < 4.78 is 5.50. The van der Waals surface area contributed by atoms with E-state index in [9.17, 15) is 0 Å². The topological polar surface area (TPSA) is 63.9 Å². The van der Waals surface area contributed by atoms with Crippen LogP contribution >= 0.6 is 11.8 Å². The second-order valence-electron chi connectivity index (χ2n) is 4.97. The number of hydrogen-bond acceptors (Lipinski definition) is 4. The van der Waals surface area contributed by atoms with Gasteiger partial charge in [0.15, 0.2) is 5.16 Å². The molecule has 5 heteroatoms. The molecule has 1 fully saturated rings. The molecule has 1 saturated carbocycles. The Morgan fingerprint density at radius 1 is 1.47 bits per heavy atom. The third-order valence-corrected chi connectivity index (χ3v) is 4.62. The van der Waals surface area contributed by atoms with Gasteiger partial charge in [0.25, 0.3) is 0 Å². The molecule has 0 spiro atoms. The van der Waals surface area contributed by atoms with Crippen LogP contribution in [0.3, 0.4) is 0 Å². The summed E-state index contributed by atoms with van der Waals surface area (Å²) in [6, 6.07) is 6.34. The van der Waals surface area contributed by atoms with Gasteiger partial charge in [0.2, 0.25) is 0 Å². The number of aromatic amines is 1. The number of fused-ring (bicyclic) bond motifs is 1. The predicted molar refractivity (Wildman–Crippen MR) is 78.7 cm³/mol. The molecular formula is C14H19N3OS.